The first kappa shape index (κ1) is 19.0. The van der Waals surface area contributed by atoms with Crippen LogP contribution in [-0.4, -0.2) is 40.4 Å². The number of anilines is 1. The predicted octanol–water partition coefficient (Wildman–Crippen LogP) is 4.65. The highest BCUT2D eigenvalue weighted by atomic mass is 35.5. The zero-order chi connectivity index (χ0) is 19.7. The Kier molecular flexibility index (Phi) is 5.38. The lowest BCUT2D eigenvalue weighted by atomic mass is 9.96. The highest BCUT2D eigenvalue weighted by Crippen LogP contribution is 2.28. The fourth-order valence-corrected chi connectivity index (χ4v) is 3.96. The molecule has 1 amide bonds. The topological polar surface area (TPSA) is 61.0 Å². The van der Waals surface area contributed by atoms with Crippen molar-refractivity contribution in [1.82, 2.24) is 14.9 Å². The van der Waals surface area contributed by atoms with Gasteiger partial charge in [0.2, 0.25) is 5.91 Å². The van der Waals surface area contributed by atoms with Gasteiger partial charge in [0.15, 0.2) is 0 Å². The summed E-state index contributed by atoms with van der Waals surface area (Å²) in [6, 6.07) is 11.9. The average molecular weight is 397 g/mol. The van der Waals surface area contributed by atoms with Crippen molar-refractivity contribution in [3.63, 3.8) is 0 Å². The summed E-state index contributed by atoms with van der Waals surface area (Å²) in [4.78, 5) is 22.8. The Morgan fingerprint density at radius 1 is 1.21 bits per heavy atom. The van der Waals surface area contributed by atoms with Crippen LogP contribution in [0.3, 0.4) is 0 Å². The van der Waals surface area contributed by atoms with Gasteiger partial charge in [0.05, 0.1) is 17.6 Å². The smallest absolute Gasteiger partial charge is 0.238 e. The van der Waals surface area contributed by atoms with Gasteiger partial charge in [-0.25, -0.2) is 4.98 Å². The van der Waals surface area contributed by atoms with Crippen LogP contribution >= 0.6 is 11.6 Å². The second kappa shape index (κ2) is 7.94. The second-order valence-corrected chi connectivity index (χ2v) is 8.11. The number of aryl methyl sites for hydroxylation is 2. The third-order valence-corrected chi connectivity index (χ3v) is 5.86. The minimum Gasteiger partial charge on any atom is -0.342 e. The van der Waals surface area contributed by atoms with E-state index in [1.807, 2.05) is 19.1 Å². The van der Waals surface area contributed by atoms with E-state index in [9.17, 15) is 4.79 Å². The van der Waals surface area contributed by atoms with Crippen LogP contribution in [0.5, 0.6) is 0 Å². The molecule has 6 heteroatoms. The van der Waals surface area contributed by atoms with Crippen LogP contribution in [0.25, 0.3) is 11.0 Å². The lowest BCUT2D eigenvalue weighted by Gasteiger charge is -2.30. The minimum absolute atomic E-state index is 0.00224. The van der Waals surface area contributed by atoms with E-state index in [0.717, 1.165) is 54.0 Å². The number of benzene rings is 2. The van der Waals surface area contributed by atoms with Gasteiger partial charge in [0.25, 0.3) is 0 Å². The van der Waals surface area contributed by atoms with Gasteiger partial charge >= 0.3 is 0 Å². The van der Waals surface area contributed by atoms with Gasteiger partial charge in [0, 0.05) is 16.6 Å². The van der Waals surface area contributed by atoms with Crippen LogP contribution in [0.1, 0.15) is 35.7 Å². The largest absolute Gasteiger partial charge is 0.342 e. The highest BCUT2D eigenvalue weighted by molar-refractivity contribution is 6.31. The molecule has 1 fully saturated rings. The van der Waals surface area contributed by atoms with E-state index in [1.165, 1.54) is 5.56 Å². The van der Waals surface area contributed by atoms with Crippen molar-refractivity contribution in [3.05, 3.63) is 58.4 Å². The third-order valence-electron chi connectivity index (χ3n) is 5.45. The van der Waals surface area contributed by atoms with Gasteiger partial charge in [-0.3, -0.25) is 9.69 Å². The monoisotopic (exact) mass is 396 g/mol. The Morgan fingerprint density at radius 2 is 2.00 bits per heavy atom. The number of imidazole rings is 1. The van der Waals surface area contributed by atoms with Gasteiger partial charge in [-0.05, 0) is 75.2 Å². The molecule has 0 bridgehead atoms. The number of carbonyl (C=O) groups is 1. The molecule has 1 aliphatic rings. The van der Waals surface area contributed by atoms with Crippen molar-refractivity contribution >= 4 is 34.2 Å². The standard InChI is InChI=1S/C22H25ClN4O/c1-14-3-6-19-20(11-14)26-22(25-19)16-7-9-27(10-8-16)13-21(28)24-17-5-4-15(2)18(23)12-17/h3-6,11-12,16H,7-10,13H2,1-2H3,(H,24,28)(H,25,26). The van der Waals surface area contributed by atoms with Crippen LogP contribution in [0.2, 0.25) is 5.02 Å². The Balaban J connectivity index is 1.32. The number of piperidine rings is 1. The van der Waals surface area contributed by atoms with Gasteiger partial charge in [-0.2, -0.15) is 0 Å². The van der Waals surface area contributed by atoms with E-state index >= 15 is 0 Å². The maximum absolute atomic E-state index is 12.4. The third kappa shape index (κ3) is 4.21. The molecular formula is C22H25ClN4O. The molecule has 5 nitrogen and oxygen atoms in total. The summed E-state index contributed by atoms with van der Waals surface area (Å²) in [7, 11) is 0. The fourth-order valence-electron chi connectivity index (χ4n) is 3.78. The summed E-state index contributed by atoms with van der Waals surface area (Å²) in [5.41, 5.74) is 5.11. The Labute approximate surface area is 170 Å². The Hall–Kier alpha value is -2.37. The van der Waals surface area contributed by atoms with Crippen molar-refractivity contribution in [2.45, 2.75) is 32.6 Å². The van der Waals surface area contributed by atoms with Gasteiger partial charge in [-0.1, -0.05) is 23.7 Å². The number of likely N-dealkylation sites (tertiary alicyclic amines) is 1. The van der Waals surface area contributed by atoms with E-state index in [0.29, 0.717) is 17.5 Å². The van der Waals surface area contributed by atoms with Gasteiger partial charge in [-0.15, -0.1) is 0 Å². The van der Waals surface area contributed by atoms with Crippen molar-refractivity contribution in [1.29, 1.82) is 0 Å². The van der Waals surface area contributed by atoms with Crippen LogP contribution in [0, 0.1) is 13.8 Å². The Bertz CT molecular complexity index is 1000. The summed E-state index contributed by atoms with van der Waals surface area (Å²) >= 11 is 6.13. The molecule has 0 spiro atoms. The summed E-state index contributed by atoms with van der Waals surface area (Å²) < 4.78 is 0. The molecule has 2 aromatic carbocycles. The summed E-state index contributed by atoms with van der Waals surface area (Å²) in [5.74, 6) is 1.49. The lowest BCUT2D eigenvalue weighted by molar-refractivity contribution is -0.117. The van der Waals surface area contributed by atoms with Crippen molar-refractivity contribution in [3.8, 4) is 0 Å². The molecule has 0 aliphatic carbocycles. The summed E-state index contributed by atoms with van der Waals surface area (Å²) in [6.07, 6.45) is 2.00. The molecule has 1 aromatic heterocycles. The quantitative estimate of drug-likeness (QED) is 0.674. The number of H-pyrrole nitrogens is 1. The van der Waals surface area contributed by atoms with Crippen LogP contribution in [0.4, 0.5) is 5.69 Å². The molecule has 3 aromatic rings. The molecule has 2 N–H and O–H groups in total. The number of nitrogens with one attached hydrogen (secondary N) is 2. The number of fused-ring (bicyclic) bond motifs is 1. The van der Waals surface area contributed by atoms with Crippen LogP contribution < -0.4 is 5.32 Å². The van der Waals surface area contributed by atoms with Crippen molar-refractivity contribution in [2.24, 2.45) is 0 Å². The number of aromatic nitrogens is 2. The minimum atomic E-state index is -0.00224. The SMILES string of the molecule is Cc1ccc2nc(C3CCN(CC(=O)Nc4ccc(C)c(Cl)c4)CC3)[nH]c2c1. The highest BCUT2D eigenvalue weighted by Gasteiger charge is 2.24. The number of hydrogen-bond acceptors (Lipinski definition) is 3. The first-order chi connectivity index (χ1) is 13.5. The first-order valence-electron chi connectivity index (χ1n) is 9.72. The molecule has 1 aliphatic heterocycles. The molecule has 1 saturated heterocycles. The fraction of sp³-hybridized carbons (Fsp3) is 0.364. The number of nitrogens with zero attached hydrogens (tertiary/aromatic N) is 2. The maximum Gasteiger partial charge on any atom is 0.238 e. The number of amides is 1. The molecule has 0 atom stereocenters. The van der Waals surface area contributed by atoms with Crippen LogP contribution in [-0.2, 0) is 4.79 Å². The normalized spacial score (nSPS) is 15.8. The van der Waals surface area contributed by atoms with Crippen LogP contribution in [0.15, 0.2) is 36.4 Å². The molecule has 0 saturated carbocycles. The molecule has 2 heterocycles. The average Bonchev–Trinajstić information content (AvgIpc) is 3.08. The van der Waals surface area contributed by atoms with Gasteiger partial charge < -0.3 is 10.3 Å². The van der Waals surface area contributed by atoms with E-state index in [-0.39, 0.29) is 5.91 Å². The predicted molar refractivity (Wildman–Crippen MR) is 114 cm³/mol. The van der Waals surface area contributed by atoms with E-state index in [2.05, 4.69) is 40.3 Å². The summed E-state index contributed by atoms with van der Waals surface area (Å²) in [5, 5.41) is 3.61. The molecule has 28 heavy (non-hydrogen) atoms. The van der Waals surface area contributed by atoms with Gasteiger partial charge in [0.1, 0.15) is 5.82 Å². The van der Waals surface area contributed by atoms with E-state index in [1.54, 1.807) is 6.07 Å². The van der Waals surface area contributed by atoms with E-state index in [4.69, 9.17) is 16.6 Å². The van der Waals surface area contributed by atoms with Crippen molar-refractivity contribution in [2.75, 3.05) is 25.0 Å². The lowest BCUT2D eigenvalue weighted by Crippen LogP contribution is -2.38. The molecule has 0 unspecified atom stereocenters. The summed E-state index contributed by atoms with van der Waals surface area (Å²) in [6.45, 7) is 6.22. The molecule has 0 radical (unpaired) electrons. The molecule has 4 rings (SSSR count). The number of halogens is 1. The first-order valence-corrected chi connectivity index (χ1v) is 10.1. The number of rotatable bonds is 4. The number of hydrogen-bond donors (Lipinski definition) is 2. The number of aromatic amines is 1. The molecule has 146 valence electrons. The zero-order valence-electron chi connectivity index (χ0n) is 16.3. The van der Waals surface area contributed by atoms with Crippen molar-refractivity contribution < 1.29 is 4.79 Å². The second-order valence-electron chi connectivity index (χ2n) is 7.71. The Morgan fingerprint density at radius 3 is 2.75 bits per heavy atom. The maximum atomic E-state index is 12.4. The zero-order valence-corrected chi connectivity index (χ0v) is 17.0. The molecular weight excluding hydrogens is 372 g/mol. The number of carbonyl (C=O) groups excluding carboxylic acids is 1. The van der Waals surface area contributed by atoms with E-state index < -0.39 is 0 Å².